The summed E-state index contributed by atoms with van der Waals surface area (Å²) >= 11 is 0. The fraction of sp³-hybridized carbons (Fsp3) is 0.409. The smallest absolute Gasteiger partial charge is 0.319 e. The molecule has 2 heterocycles. The summed E-state index contributed by atoms with van der Waals surface area (Å²) in [6, 6.07) is 10.4. The van der Waals surface area contributed by atoms with Gasteiger partial charge in [-0.2, -0.15) is 0 Å². The van der Waals surface area contributed by atoms with Gasteiger partial charge in [-0.15, -0.1) is 0 Å². The summed E-state index contributed by atoms with van der Waals surface area (Å²) in [4.78, 5) is 38.7. The second kappa shape index (κ2) is 9.02. The number of furan rings is 1. The van der Waals surface area contributed by atoms with Crippen LogP contribution in [0.2, 0.25) is 0 Å². The molecule has 1 saturated heterocycles. The van der Waals surface area contributed by atoms with Crippen molar-refractivity contribution >= 4 is 29.2 Å². The highest BCUT2D eigenvalue weighted by atomic mass is 16.3. The molecular weight excluding hydrogens is 384 g/mol. The molecule has 0 radical (unpaired) electrons. The van der Waals surface area contributed by atoms with Gasteiger partial charge in [0, 0.05) is 30.4 Å². The van der Waals surface area contributed by atoms with Crippen LogP contribution in [0.25, 0.3) is 0 Å². The van der Waals surface area contributed by atoms with Crippen LogP contribution in [0, 0.1) is 5.92 Å². The third-order valence-corrected chi connectivity index (χ3v) is 5.71. The largest absolute Gasteiger partial charge is 0.467 e. The van der Waals surface area contributed by atoms with Crippen LogP contribution in [-0.4, -0.2) is 35.3 Å². The summed E-state index contributed by atoms with van der Waals surface area (Å²) in [5.41, 5.74) is 1.24. The molecule has 8 heteroatoms. The van der Waals surface area contributed by atoms with Crippen LogP contribution in [0.1, 0.15) is 37.9 Å². The standard InChI is InChI=1S/C22H26N4O4/c27-20-12-15(14-26(20)18-4-1-2-5-18)21(28)24-16-7-9-17(10-8-16)25-22(29)23-13-19-6-3-11-30-19/h3,6-11,15,18H,1-2,4-5,12-14H2,(H,24,28)(H2,23,25,29). The second-order valence-corrected chi connectivity index (χ2v) is 7.84. The van der Waals surface area contributed by atoms with Crippen LogP contribution in [-0.2, 0) is 16.1 Å². The predicted molar refractivity (Wildman–Crippen MR) is 112 cm³/mol. The van der Waals surface area contributed by atoms with E-state index >= 15 is 0 Å². The third-order valence-electron chi connectivity index (χ3n) is 5.71. The van der Waals surface area contributed by atoms with Crippen molar-refractivity contribution in [3.05, 3.63) is 48.4 Å². The molecule has 1 atom stereocenters. The first kappa shape index (κ1) is 20.0. The quantitative estimate of drug-likeness (QED) is 0.679. The van der Waals surface area contributed by atoms with E-state index in [1.807, 2.05) is 4.90 Å². The Balaban J connectivity index is 1.25. The average Bonchev–Trinajstić information content (AvgIpc) is 3.49. The molecule has 3 N–H and O–H groups in total. The zero-order valence-electron chi connectivity index (χ0n) is 16.7. The third kappa shape index (κ3) is 4.82. The average molecular weight is 410 g/mol. The molecule has 1 aliphatic heterocycles. The Morgan fingerprint density at radius 3 is 2.40 bits per heavy atom. The zero-order chi connectivity index (χ0) is 20.9. The molecule has 1 unspecified atom stereocenters. The maximum absolute atomic E-state index is 12.6. The van der Waals surface area contributed by atoms with Gasteiger partial charge in [0.25, 0.3) is 0 Å². The van der Waals surface area contributed by atoms with Crippen LogP contribution in [0.3, 0.4) is 0 Å². The number of amides is 4. The number of hydrogen-bond donors (Lipinski definition) is 3. The Morgan fingerprint density at radius 2 is 1.73 bits per heavy atom. The topological polar surface area (TPSA) is 104 Å². The Morgan fingerprint density at radius 1 is 1.03 bits per heavy atom. The first-order valence-electron chi connectivity index (χ1n) is 10.4. The van der Waals surface area contributed by atoms with Gasteiger partial charge in [-0.3, -0.25) is 9.59 Å². The van der Waals surface area contributed by atoms with Crippen molar-refractivity contribution < 1.29 is 18.8 Å². The highest BCUT2D eigenvalue weighted by molar-refractivity contribution is 5.97. The maximum Gasteiger partial charge on any atom is 0.319 e. The van der Waals surface area contributed by atoms with E-state index in [-0.39, 0.29) is 30.2 Å². The van der Waals surface area contributed by atoms with Crippen LogP contribution in [0.4, 0.5) is 16.2 Å². The molecule has 8 nitrogen and oxygen atoms in total. The normalized spacial score (nSPS) is 19.1. The molecule has 4 amide bonds. The summed E-state index contributed by atoms with van der Waals surface area (Å²) in [5, 5.41) is 8.31. The highest BCUT2D eigenvalue weighted by Crippen LogP contribution is 2.30. The number of carbonyl (C=O) groups is 3. The minimum absolute atomic E-state index is 0.0853. The Kier molecular flexibility index (Phi) is 6.02. The fourth-order valence-corrected chi connectivity index (χ4v) is 4.11. The van der Waals surface area contributed by atoms with Gasteiger partial charge >= 0.3 is 6.03 Å². The molecule has 0 spiro atoms. The van der Waals surface area contributed by atoms with Crippen molar-refractivity contribution in [1.29, 1.82) is 0 Å². The molecular formula is C22H26N4O4. The maximum atomic E-state index is 12.6. The van der Waals surface area contributed by atoms with E-state index in [1.54, 1.807) is 42.7 Å². The lowest BCUT2D eigenvalue weighted by atomic mass is 10.1. The van der Waals surface area contributed by atoms with E-state index in [2.05, 4.69) is 16.0 Å². The van der Waals surface area contributed by atoms with Gasteiger partial charge < -0.3 is 25.3 Å². The van der Waals surface area contributed by atoms with Gasteiger partial charge in [0.2, 0.25) is 11.8 Å². The minimum atomic E-state index is -0.348. The molecule has 2 fully saturated rings. The molecule has 1 aromatic heterocycles. The van der Waals surface area contributed by atoms with Crippen LogP contribution in [0.15, 0.2) is 47.1 Å². The molecule has 0 bridgehead atoms. The Bertz CT molecular complexity index is 888. The molecule has 1 aliphatic carbocycles. The van der Waals surface area contributed by atoms with Crippen LogP contribution in [0.5, 0.6) is 0 Å². The number of nitrogens with zero attached hydrogens (tertiary/aromatic N) is 1. The number of nitrogens with one attached hydrogen (secondary N) is 3. The number of rotatable bonds is 6. The van der Waals surface area contributed by atoms with Gasteiger partial charge in [-0.05, 0) is 49.2 Å². The Hall–Kier alpha value is -3.29. The fourth-order valence-electron chi connectivity index (χ4n) is 4.11. The molecule has 4 rings (SSSR count). The first-order valence-corrected chi connectivity index (χ1v) is 10.4. The van der Waals surface area contributed by atoms with E-state index in [1.165, 1.54) is 0 Å². The van der Waals surface area contributed by atoms with Crippen molar-refractivity contribution in [3.63, 3.8) is 0 Å². The van der Waals surface area contributed by atoms with Crippen molar-refractivity contribution in [3.8, 4) is 0 Å². The van der Waals surface area contributed by atoms with Gasteiger partial charge in [-0.1, -0.05) is 12.8 Å². The van der Waals surface area contributed by atoms with E-state index in [9.17, 15) is 14.4 Å². The lowest BCUT2D eigenvalue weighted by Gasteiger charge is -2.23. The molecule has 2 aromatic rings. The molecule has 1 saturated carbocycles. The van der Waals surface area contributed by atoms with E-state index < -0.39 is 0 Å². The lowest BCUT2D eigenvalue weighted by molar-refractivity contribution is -0.129. The number of likely N-dealkylation sites (tertiary alicyclic amines) is 1. The minimum Gasteiger partial charge on any atom is -0.467 e. The molecule has 158 valence electrons. The molecule has 1 aromatic carbocycles. The van der Waals surface area contributed by atoms with Crippen molar-refractivity contribution in [2.45, 2.75) is 44.7 Å². The summed E-state index contributed by atoms with van der Waals surface area (Å²) < 4.78 is 5.16. The number of benzene rings is 1. The van der Waals surface area contributed by atoms with Crippen molar-refractivity contribution in [1.82, 2.24) is 10.2 Å². The monoisotopic (exact) mass is 410 g/mol. The predicted octanol–water partition coefficient (Wildman–Crippen LogP) is 3.33. The summed E-state index contributed by atoms with van der Waals surface area (Å²) in [6.07, 6.45) is 6.24. The van der Waals surface area contributed by atoms with Gasteiger partial charge in [0.15, 0.2) is 0 Å². The second-order valence-electron chi connectivity index (χ2n) is 7.84. The van der Waals surface area contributed by atoms with Crippen molar-refractivity contribution in [2.24, 2.45) is 5.92 Å². The number of anilines is 2. The highest BCUT2D eigenvalue weighted by Gasteiger charge is 2.38. The zero-order valence-corrected chi connectivity index (χ0v) is 16.7. The molecule has 30 heavy (non-hydrogen) atoms. The number of carbonyl (C=O) groups excluding carboxylic acids is 3. The lowest BCUT2D eigenvalue weighted by Crippen LogP contribution is -2.35. The van der Waals surface area contributed by atoms with Crippen LogP contribution < -0.4 is 16.0 Å². The number of urea groups is 1. The van der Waals surface area contributed by atoms with Crippen molar-refractivity contribution in [2.75, 3.05) is 17.2 Å². The summed E-state index contributed by atoms with van der Waals surface area (Å²) in [6.45, 7) is 0.801. The van der Waals surface area contributed by atoms with Gasteiger partial charge in [0.05, 0.1) is 18.7 Å². The Labute approximate surface area is 175 Å². The first-order chi connectivity index (χ1) is 14.6. The number of hydrogen-bond acceptors (Lipinski definition) is 4. The van der Waals surface area contributed by atoms with E-state index in [4.69, 9.17) is 4.42 Å². The van der Waals surface area contributed by atoms with E-state index in [0.29, 0.717) is 36.3 Å². The summed E-state index contributed by atoms with van der Waals surface area (Å²) in [7, 11) is 0. The van der Waals surface area contributed by atoms with Gasteiger partial charge in [-0.25, -0.2) is 4.79 Å². The summed E-state index contributed by atoms with van der Waals surface area (Å²) in [5.74, 6) is 0.297. The van der Waals surface area contributed by atoms with Gasteiger partial charge in [0.1, 0.15) is 5.76 Å². The molecule has 2 aliphatic rings. The van der Waals surface area contributed by atoms with Crippen LogP contribution >= 0.6 is 0 Å². The van der Waals surface area contributed by atoms with E-state index in [0.717, 1.165) is 25.7 Å². The SMILES string of the molecule is O=C(NCc1ccco1)Nc1ccc(NC(=O)C2CC(=O)N(C3CCCC3)C2)cc1.